The van der Waals surface area contributed by atoms with E-state index in [4.69, 9.17) is 0 Å². The smallest absolute Gasteiger partial charge is 0.147 e. The minimum atomic E-state index is -3.02. The third kappa shape index (κ3) is 3.79. The second kappa shape index (κ2) is 4.12. The van der Waals surface area contributed by atoms with Gasteiger partial charge in [0, 0.05) is 6.26 Å². The van der Waals surface area contributed by atoms with Gasteiger partial charge < -0.3 is 5.11 Å². The van der Waals surface area contributed by atoms with Gasteiger partial charge in [-0.2, -0.15) is 8.75 Å². The van der Waals surface area contributed by atoms with E-state index < -0.39 is 15.9 Å². The molecule has 0 aliphatic rings. The molecule has 1 N–H and O–H groups in total. The number of sulfone groups is 1. The number of nitrogens with zero attached hydrogens (tertiary/aromatic N) is 2. The van der Waals surface area contributed by atoms with Crippen LogP contribution in [-0.2, 0) is 9.84 Å². The predicted molar refractivity (Wildman–Crippen MR) is 49.2 cm³/mol. The summed E-state index contributed by atoms with van der Waals surface area (Å²) in [6.45, 7) is 0. The molecule has 0 aromatic carbocycles. The summed E-state index contributed by atoms with van der Waals surface area (Å²) in [6, 6.07) is 0. The van der Waals surface area contributed by atoms with Crippen molar-refractivity contribution >= 4 is 21.6 Å². The van der Waals surface area contributed by atoms with Crippen molar-refractivity contribution in [3.05, 3.63) is 11.9 Å². The van der Waals surface area contributed by atoms with Crippen LogP contribution in [0.1, 0.15) is 18.2 Å². The van der Waals surface area contributed by atoms with Gasteiger partial charge in [-0.15, -0.1) is 0 Å². The van der Waals surface area contributed by atoms with Gasteiger partial charge in [0.2, 0.25) is 0 Å². The summed E-state index contributed by atoms with van der Waals surface area (Å²) in [7, 11) is -3.02. The number of hydrogen-bond acceptors (Lipinski definition) is 6. The van der Waals surface area contributed by atoms with E-state index in [2.05, 4.69) is 8.75 Å². The second-order valence-corrected chi connectivity index (χ2v) is 5.58. The Morgan fingerprint density at radius 3 is 2.85 bits per heavy atom. The maximum absolute atomic E-state index is 10.8. The van der Waals surface area contributed by atoms with E-state index in [1.54, 1.807) is 0 Å². The molecule has 0 fully saturated rings. The molecule has 5 nitrogen and oxygen atoms in total. The highest BCUT2D eigenvalue weighted by Crippen LogP contribution is 2.14. The topological polar surface area (TPSA) is 80.2 Å². The van der Waals surface area contributed by atoms with Gasteiger partial charge in [0.1, 0.15) is 15.5 Å². The van der Waals surface area contributed by atoms with E-state index in [0.29, 0.717) is 5.69 Å². The summed E-state index contributed by atoms with van der Waals surface area (Å²) in [5, 5.41) is 9.41. The van der Waals surface area contributed by atoms with Gasteiger partial charge in [-0.3, -0.25) is 0 Å². The largest absolute Gasteiger partial charge is 0.387 e. The maximum Gasteiger partial charge on any atom is 0.147 e. The summed E-state index contributed by atoms with van der Waals surface area (Å²) < 4.78 is 29.0. The van der Waals surface area contributed by atoms with E-state index >= 15 is 0 Å². The predicted octanol–water partition coefficient (Wildman–Crippen LogP) is 0.00620. The number of aliphatic hydroxyl groups is 1. The molecule has 0 aliphatic carbocycles. The normalized spacial score (nSPS) is 14.3. The van der Waals surface area contributed by atoms with Crippen LogP contribution in [-0.4, -0.2) is 34.3 Å². The van der Waals surface area contributed by atoms with Crippen LogP contribution in [0, 0.1) is 0 Å². The summed E-state index contributed by atoms with van der Waals surface area (Å²) in [4.78, 5) is 0. The van der Waals surface area contributed by atoms with Crippen LogP contribution in [0.3, 0.4) is 0 Å². The molecule has 1 aromatic rings. The summed E-state index contributed by atoms with van der Waals surface area (Å²) in [6.07, 6.45) is 1.93. The Labute approximate surface area is 80.7 Å². The third-order valence-corrected chi connectivity index (χ3v) is 2.95. The molecule has 0 saturated heterocycles. The number of aliphatic hydroxyl groups excluding tert-OH is 1. The number of rotatable bonds is 4. The molecule has 0 radical (unpaired) electrons. The van der Waals surface area contributed by atoms with Crippen molar-refractivity contribution < 1.29 is 13.5 Å². The van der Waals surface area contributed by atoms with Crippen molar-refractivity contribution in [3.8, 4) is 0 Å². The molecule has 0 saturated carbocycles. The maximum atomic E-state index is 10.8. The minimum Gasteiger partial charge on any atom is -0.387 e. The fraction of sp³-hybridized carbons (Fsp3) is 0.667. The highest BCUT2D eigenvalue weighted by Gasteiger charge is 2.13. The molecule has 0 aliphatic heterocycles. The number of hydrogen-bond donors (Lipinski definition) is 1. The molecule has 74 valence electrons. The Kier molecular flexibility index (Phi) is 3.34. The SMILES string of the molecule is CS(=O)(=O)CCC(O)c1cnsn1. The van der Waals surface area contributed by atoms with Crippen molar-refractivity contribution in [2.24, 2.45) is 0 Å². The molecule has 1 rings (SSSR count). The summed E-state index contributed by atoms with van der Waals surface area (Å²) >= 11 is 0.992. The van der Waals surface area contributed by atoms with Gasteiger partial charge in [0.25, 0.3) is 0 Å². The molecular formula is C6H10N2O3S2. The van der Waals surface area contributed by atoms with Crippen LogP contribution < -0.4 is 0 Å². The molecule has 1 unspecified atom stereocenters. The Bertz CT molecular complexity index is 346. The molecule has 0 bridgehead atoms. The van der Waals surface area contributed by atoms with Crippen LogP contribution in [0.4, 0.5) is 0 Å². The fourth-order valence-electron chi connectivity index (χ4n) is 0.792. The Hall–Kier alpha value is -0.530. The molecule has 0 spiro atoms. The number of aromatic nitrogens is 2. The molecule has 1 aromatic heterocycles. The van der Waals surface area contributed by atoms with E-state index in [9.17, 15) is 13.5 Å². The van der Waals surface area contributed by atoms with Crippen LogP contribution in [0.25, 0.3) is 0 Å². The first-order valence-electron chi connectivity index (χ1n) is 3.62. The first-order chi connectivity index (χ1) is 5.99. The van der Waals surface area contributed by atoms with Crippen molar-refractivity contribution in [1.29, 1.82) is 0 Å². The van der Waals surface area contributed by atoms with Crippen LogP contribution >= 0.6 is 11.7 Å². The standard InChI is InChI=1S/C6H10N2O3S2/c1-13(10,11)3-2-6(9)5-4-7-12-8-5/h4,6,9H,2-3H2,1H3. The molecule has 0 amide bonds. The van der Waals surface area contributed by atoms with Crippen molar-refractivity contribution in [2.45, 2.75) is 12.5 Å². The average Bonchev–Trinajstić information content (AvgIpc) is 2.50. The lowest BCUT2D eigenvalue weighted by Crippen LogP contribution is -2.08. The van der Waals surface area contributed by atoms with Gasteiger partial charge in [0.05, 0.1) is 29.8 Å². The summed E-state index contributed by atoms with van der Waals surface area (Å²) in [5.41, 5.74) is 0.439. The first-order valence-corrected chi connectivity index (χ1v) is 6.41. The van der Waals surface area contributed by atoms with Gasteiger partial charge in [0.15, 0.2) is 0 Å². The zero-order chi connectivity index (χ0) is 9.90. The van der Waals surface area contributed by atoms with Crippen LogP contribution in [0.15, 0.2) is 6.20 Å². The van der Waals surface area contributed by atoms with E-state index in [0.717, 1.165) is 18.0 Å². The Morgan fingerprint density at radius 2 is 2.38 bits per heavy atom. The molecular weight excluding hydrogens is 212 g/mol. The van der Waals surface area contributed by atoms with Crippen LogP contribution in [0.2, 0.25) is 0 Å². The van der Waals surface area contributed by atoms with Gasteiger partial charge in [-0.1, -0.05) is 0 Å². The fourth-order valence-corrected chi connectivity index (χ4v) is 1.91. The average molecular weight is 222 g/mol. The van der Waals surface area contributed by atoms with Crippen molar-refractivity contribution in [2.75, 3.05) is 12.0 Å². The van der Waals surface area contributed by atoms with E-state index in [1.165, 1.54) is 6.20 Å². The van der Waals surface area contributed by atoms with Crippen molar-refractivity contribution in [3.63, 3.8) is 0 Å². The lowest BCUT2D eigenvalue weighted by Gasteiger charge is -2.04. The Balaban J connectivity index is 2.48. The Morgan fingerprint density at radius 1 is 1.69 bits per heavy atom. The van der Waals surface area contributed by atoms with Gasteiger partial charge >= 0.3 is 0 Å². The highest BCUT2D eigenvalue weighted by atomic mass is 32.2. The monoisotopic (exact) mass is 222 g/mol. The van der Waals surface area contributed by atoms with E-state index in [-0.39, 0.29) is 12.2 Å². The summed E-state index contributed by atoms with van der Waals surface area (Å²) in [5.74, 6) is -0.0360. The second-order valence-electron chi connectivity index (χ2n) is 2.77. The zero-order valence-corrected chi connectivity index (χ0v) is 8.68. The zero-order valence-electron chi connectivity index (χ0n) is 7.04. The lowest BCUT2D eigenvalue weighted by atomic mass is 10.2. The first kappa shape index (κ1) is 10.6. The third-order valence-electron chi connectivity index (χ3n) is 1.48. The molecule has 1 heterocycles. The van der Waals surface area contributed by atoms with Gasteiger partial charge in [-0.05, 0) is 6.42 Å². The van der Waals surface area contributed by atoms with Crippen LogP contribution in [0.5, 0.6) is 0 Å². The highest BCUT2D eigenvalue weighted by molar-refractivity contribution is 7.90. The molecule has 13 heavy (non-hydrogen) atoms. The molecule has 1 atom stereocenters. The molecule has 7 heteroatoms. The quantitative estimate of drug-likeness (QED) is 0.776. The van der Waals surface area contributed by atoms with E-state index in [1.807, 2.05) is 0 Å². The lowest BCUT2D eigenvalue weighted by molar-refractivity contribution is 0.170. The minimum absolute atomic E-state index is 0.0360. The van der Waals surface area contributed by atoms with Crippen molar-refractivity contribution in [1.82, 2.24) is 8.75 Å². The van der Waals surface area contributed by atoms with Gasteiger partial charge in [-0.25, -0.2) is 8.42 Å².